The molecular formula is C16H10FNO2. The molecule has 0 unspecified atom stereocenters. The summed E-state index contributed by atoms with van der Waals surface area (Å²) in [6, 6.07) is 13.4. The second-order valence-electron chi connectivity index (χ2n) is 4.29. The Morgan fingerprint density at radius 3 is 2.80 bits per heavy atom. The van der Waals surface area contributed by atoms with Crippen LogP contribution in [-0.4, -0.2) is 6.79 Å². The second-order valence-corrected chi connectivity index (χ2v) is 4.29. The Morgan fingerprint density at radius 1 is 1.15 bits per heavy atom. The lowest BCUT2D eigenvalue weighted by atomic mass is 10.0. The minimum absolute atomic E-state index is 0.206. The SMILES string of the molecule is N#CC(=Cc1ccc2c(c1)OCO2)c1cccc(F)c1. The van der Waals surface area contributed by atoms with Gasteiger partial charge < -0.3 is 9.47 Å². The molecule has 98 valence electrons. The fourth-order valence-electron chi connectivity index (χ4n) is 2.01. The molecule has 0 fully saturated rings. The maximum Gasteiger partial charge on any atom is 0.231 e. The third-order valence-corrected chi connectivity index (χ3v) is 2.96. The van der Waals surface area contributed by atoms with Crippen LogP contribution in [0, 0.1) is 17.1 Å². The van der Waals surface area contributed by atoms with Crippen LogP contribution in [-0.2, 0) is 0 Å². The predicted molar refractivity (Wildman–Crippen MR) is 72.4 cm³/mol. The molecule has 20 heavy (non-hydrogen) atoms. The average Bonchev–Trinajstić information content (AvgIpc) is 2.92. The molecular weight excluding hydrogens is 257 g/mol. The van der Waals surface area contributed by atoms with E-state index in [-0.39, 0.29) is 12.6 Å². The highest BCUT2D eigenvalue weighted by atomic mass is 19.1. The summed E-state index contributed by atoms with van der Waals surface area (Å²) in [5.41, 5.74) is 1.74. The Kier molecular flexibility index (Phi) is 3.10. The fourth-order valence-corrected chi connectivity index (χ4v) is 2.01. The number of halogens is 1. The molecule has 3 rings (SSSR count). The molecule has 0 aliphatic carbocycles. The van der Waals surface area contributed by atoms with E-state index in [1.165, 1.54) is 12.1 Å². The first kappa shape index (κ1) is 12.2. The number of hydrogen-bond acceptors (Lipinski definition) is 3. The van der Waals surface area contributed by atoms with Crippen molar-refractivity contribution in [2.75, 3.05) is 6.79 Å². The van der Waals surface area contributed by atoms with Crippen molar-refractivity contribution in [1.82, 2.24) is 0 Å². The fraction of sp³-hybridized carbons (Fsp3) is 0.0625. The minimum Gasteiger partial charge on any atom is -0.454 e. The lowest BCUT2D eigenvalue weighted by Gasteiger charge is -2.01. The molecule has 0 saturated heterocycles. The van der Waals surface area contributed by atoms with Crippen LogP contribution in [0.25, 0.3) is 11.6 Å². The molecule has 0 atom stereocenters. The Hall–Kier alpha value is -2.80. The molecule has 0 radical (unpaired) electrons. The van der Waals surface area contributed by atoms with Gasteiger partial charge in [-0.2, -0.15) is 5.26 Å². The summed E-state index contributed by atoms with van der Waals surface area (Å²) in [7, 11) is 0. The quantitative estimate of drug-likeness (QED) is 0.616. The van der Waals surface area contributed by atoms with E-state index in [2.05, 4.69) is 6.07 Å². The van der Waals surface area contributed by atoms with Gasteiger partial charge in [0.1, 0.15) is 5.82 Å². The van der Waals surface area contributed by atoms with Crippen LogP contribution in [0.5, 0.6) is 11.5 Å². The van der Waals surface area contributed by atoms with Gasteiger partial charge in [-0.25, -0.2) is 4.39 Å². The van der Waals surface area contributed by atoms with E-state index in [0.717, 1.165) is 5.56 Å². The summed E-state index contributed by atoms with van der Waals surface area (Å²) in [6.45, 7) is 0.206. The third-order valence-electron chi connectivity index (χ3n) is 2.96. The summed E-state index contributed by atoms with van der Waals surface area (Å²) >= 11 is 0. The molecule has 0 amide bonds. The van der Waals surface area contributed by atoms with Gasteiger partial charge in [0.25, 0.3) is 0 Å². The topological polar surface area (TPSA) is 42.2 Å². The molecule has 4 heteroatoms. The zero-order chi connectivity index (χ0) is 13.9. The lowest BCUT2D eigenvalue weighted by molar-refractivity contribution is 0.174. The van der Waals surface area contributed by atoms with Crippen molar-refractivity contribution < 1.29 is 13.9 Å². The van der Waals surface area contributed by atoms with Gasteiger partial charge in [-0.1, -0.05) is 18.2 Å². The first-order valence-electron chi connectivity index (χ1n) is 6.03. The highest BCUT2D eigenvalue weighted by Crippen LogP contribution is 2.33. The van der Waals surface area contributed by atoms with Gasteiger partial charge in [0, 0.05) is 0 Å². The molecule has 1 aliphatic rings. The number of fused-ring (bicyclic) bond motifs is 1. The van der Waals surface area contributed by atoms with E-state index in [9.17, 15) is 9.65 Å². The number of benzene rings is 2. The molecule has 3 nitrogen and oxygen atoms in total. The molecule has 0 saturated carbocycles. The molecule has 1 heterocycles. The van der Waals surface area contributed by atoms with Crippen molar-refractivity contribution >= 4 is 11.6 Å². The van der Waals surface area contributed by atoms with Crippen molar-refractivity contribution in [3.05, 3.63) is 59.4 Å². The molecule has 0 aromatic heterocycles. The Morgan fingerprint density at radius 2 is 2.00 bits per heavy atom. The maximum absolute atomic E-state index is 13.2. The largest absolute Gasteiger partial charge is 0.454 e. The van der Waals surface area contributed by atoms with Gasteiger partial charge in [0.2, 0.25) is 6.79 Å². The number of hydrogen-bond donors (Lipinski definition) is 0. The summed E-state index contributed by atoms with van der Waals surface area (Å²) in [4.78, 5) is 0. The molecule has 2 aromatic carbocycles. The molecule has 0 N–H and O–H groups in total. The van der Waals surface area contributed by atoms with Crippen LogP contribution in [0.2, 0.25) is 0 Å². The van der Waals surface area contributed by atoms with E-state index >= 15 is 0 Å². The Bertz CT molecular complexity index is 731. The predicted octanol–water partition coefficient (Wildman–Crippen LogP) is 3.62. The van der Waals surface area contributed by atoms with E-state index in [0.29, 0.717) is 22.6 Å². The summed E-state index contributed by atoms with van der Waals surface area (Å²) in [5, 5.41) is 9.23. The van der Waals surface area contributed by atoms with Crippen LogP contribution < -0.4 is 9.47 Å². The standard InChI is InChI=1S/C16H10FNO2/c17-14-3-1-2-12(8-14)13(9-18)6-11-4-5-15-16(7-11)20-10-19-15/h1-8H,10H2. The number of ether oxygens (including phenoxy) is 2. The van der Waals surface area contributed by atoms with Gasteiger partial charge >= 0.3 is 0 Å². The van der Waals surface area contributed by atoms with Crippen molar-refractivity contribution in [3.8, 4) is 17.6 Å². The zero-order valence-corrected chi connectivity index (χ0v) is 10.5. The highest BCUT2D eigenvalue weighted by molar-refractivity contribution is 5.89. The number of nitriles is 1. The molecule has 0 bridgehead atoms. The van der Waals surface area contributed by atoms with Crippen molar-refractivity contribution in [1.29, 1.82) is 5.26 Å². The first-order valence-corrected chi connectivity index (χ1v) is 6.03. The monoisotopic (exact) mass is 267 g/mol. The summed E-state index contributed by atoms with van der Waals surface area (Å²) in [6.07, 6.45) is 1.69. The van der Waals surface area contributed by atoms with E-state index < -0.39 is 0 Å². The number of allylic oxidation sites excluding steroid dienone is 1. The van der Waals surface area contributed by atoms with Gasteiger partial charge in [0.05, 0.1) is 11.6 Å². The normalized spacial score (nSPS) is 13.1. The summed E-state index contributed by atoms with van der Waals surface area (Å²) in [5.74, 6) is 0.969. The van der Waals surface area contributed by atoms with Gasteiger partial charge in [-0.3, -0.25) is 0 Å². The molecule has 2 aromatic rings. The van der Waals surface area contributed by atoms with Crippen molar-refractivity contribution in [2.45, 2.75) is 0 Å². The molecule has 1 aliphatic heterocycles. The lowest BCUT2D eigenvalue weighted by Crippen LogP contribution is -1.92. The highest BCUT2D eigenvalue weighted by Gasteiger charge is 2.13. The maximum atomic E-state index is 13.2. The number of rotatable bonds is 2. The zero-order valence-electron chi connectivity index (χ0n) is 10.5. The second kappa shape index (κ2) is 5.06. The van der Waals surface area contributed by atoms with Gasteiger partial charge in [-0.05, 0) is 41.5 Å². The van der Waals surface area contributed by atoms with E-state index in [1.807, 2.05) is 6.07 Å². The van der Waals surface area contributed by atoms with Crippen LogP contribution >= 0.6 is 0 Å². The van der Waals surface area contributed by atoms with Crippen LogP contribution in [0.3, 0.4) is 0 Å². The van der Waals surface area contributed by atoms with E-state index in [4.69, 9.17) is 9.47 Å². The van der Waals surface area contributed by atoms with Gasteiger partial charge in [-0.15, -0.1) is 0 Å². The van der Waals surface area contributed by atoms with Crippen LogP contribution in [0.15, 0.2) is 42.5 Å². The average molecular weight is 267 g/mol. The minimum atomic E-state index is -0.366. The molecule has 0 spiro atoms. The van der Waals surface area contributed by atoms with Crippen LogP contribution in [0.1, 0.15) is 11.1 Å². The van der Waals surface area contributed by atoms with E-state index in [1.54, 1.807) is 30.3 Å². The van der Waals surface area contributed by atoms with Crippen molar-refractivity contribution in [2.24, 2.45) is 0 Å². The third kappa shape index (κ3) is 2.34. The first-order chi connectivity index (χ1) is 9.76. The Labute approximate surface area is 115 Å². The Balaban J connectivity index is 1.99. The van der Waals surface area contributed by atoms with Gasteiger partial charge in [0.15, 0.2) is 11.5 Å². The smallest absolute Gasteiger partial charge is 0.231 e. The number of nitrogens with zero attached hydrogens (tertiary/aromatic N) is 1. The summed E-state index contributed by atoms with van der Waals surface area (Å²) < 4.78 is 23.7. The van der Waals surface area contributed by atoms with Crippen molar-refractivity contribution in [3.63, 3.8) is 0 Å². The van der Waals surface area contributed by atoms with Crippen LogP contribution in [0.4, 0.5) is 4.39 Å².